The van der Waals surface area contributed by atoms with Gasteiger partial charge in [0.05, 0.1) is 17.9 Å². The second-order valence-corrected chi connectivity index (χ2v) is 4.36. The summed E-state index contributed by atoms with van der Waals surface area (Å²) in [6.07, 6.45) is 1.89. The largest absolute Gasteiger partial charge is 0.489 e. The van der Waals surface area contributed by atoms with Crippen LogP contribution in [0.15, 0.2) is 41.6 Å². The van der Waals surface area contributed by atoms with Crippen LogP contribution in [0.25, 0.3) is 0 Å². The lowest BCUT2D eigenvalue weighted by atomic mass is 10.3. The molecule has 0 aliphatic heterocycles. The maximum atomic E-state index is 8.66. The molecule has 1 aromatic carbocycles. The van der Waals surface area contributed by atoms with Crippen LogP contribution in [0, 0.1) is 29.6 Å². The monoisotopic (exact) mass is 294 g/mol. The van der Waals surface area contributed by atoms with Crippen molar-refractivity contribution in [3.63, 3.8) is 0 Å². The quantitative estimate of drug-likeness (QED) is 0.649. The van der Waals surface area contributed by atoms with E-state index in [-0.39, 0.29) is 5.71 Å². The Kier molecular flexibility index (Phi) is 5.11. The zero-order chi connectivity index (χ0) is 15.8. The number of aryl methyl sites for hydroxylation is 1. The maximum Gasteiger partial charge on any atom is 0.237 e. The first-order valence-electron chi connectivity index (χ1n) is 6.58. The van der Waals surface area contributed by atoms with E-state index < -0.39 is 0 Å². The fourth-order valence-electron chi connectivity index (χ4n) is 1.71. The molecule has 0 spiro atoms. The molecule has 0 aliphatic rings. The maximum absolute atomic E-state index is 8.66. The standard InChI is InChI=1S/C15H14N6O/c1-12-6-7-21(20-12)8-9-22-15-5-3-2-4-14(15)19-18-13(10-16)11-17/h2-7,19H,8-9H2,1H3. The SMILES string of the molecule is Cc1ccn(CCOc2ccccc2NN=C(C#N)C#N)n1. The van der Waals surface area contributed by atoms with Gasteiger partial charge in [-0.05, 0) is 25.1 Å². The lowest BCUT2D eigenvalue weighted by Gasteiger charge is -2.10. The number of nitrogens with zero attached hydrogens (tertiary/aromatic N) is 5. The predicted octanol–water partition coefficient (Wildman–Crippen LogP) is 2.09. The van der Waals surface area contributed by atoms with E-state index in [9.17, 15) is 0 Å². The molecule has 0 saturated carbocycles. The Morgan fingerprint density at radius 2 is 2.09 bits per heavy atom. The van der Waals surface area contributed by atoms with Crippen LogP contribution in [-0.2, 0) is 6.54 Å². The molecule has 0 unspecified atom stereocenters. The summed E-state index contributed by atoms with van der Waals surface area (Å²) in [7, 11) is 0. The van der Waals surface area contributed by atoms with Crippen molar-refractivity contribution in [2.24, 2.45) is 5.10 Å². The second-order valence-electron chi connectivity index (χ2n) is 4.36. The third kappa shape index (κ3) is 4.09. The number of hydrazone groups is 1. The first-order chi connectivity index (χ1) is 10.7. The van der Waals surface area contributed by atoms with Gasteiger partial charge in [-0.25, -0.2) is 0 Å². The number of aromatic nitrogens is 2. The van der Waals surface area contributed by atoms with Gasteiger partial charge in [0.15, 0.2) is 0 Å². The molecule has 1 heterocycles. The highest BCUT2D eigenvalue weighted by Crippen LogP contribution is 2.23. The molecule has 0 fully saturated rings. The van der Waals surface area contributed by atoms with Gasteiger partial charge >= 0.3 is 0 Å². The molecule has 0 amide bonds. The lowest BCUT2D eigenvalue weighted by molar-refractivity contribution is 0.292. The van der Waals surface area contributed by atoms with Gasteiger partial charge in [0, 0.05) is 6.20 Å². The number of rotatable bonds is 6. The Morgan fingerprint density at radius 1 is 1.32 bits per heavy atom. The highest BCUT2D eigenvalue weighted by Gasteiger charge is 2.03. The molecular weight excluding hydrogens is 280 g/mol. The first kappa shape index (κ1) is 15.1. The van der Waals surface area contributed by atoms with Crippen molar-refractivity contribution in [1.29, 1.82) is 10.5 Å². The number of benzene rings is 1. The van der Waals surface area contributed by atoms with Crippen molar-refractivity contribution < 1.29 is 4.74 Å². The van der Waals surface area contributed by atoms with Crippen LogP contribution in [0.2, 0.25) is 0 Å². The van der Waals surface area contributed by atoms with E-state index in [1.807, 2.05) is 25.3 Å². The Hall–Kier alpha value is -3.32. The zero-order valence-electron chi connectivity index (χ0n) is 12.0. The molecule has 7 heteroatoms. The van der Waals surface area contributed by atoms with Gasteiger partial charge in [-0.15, -0.1) is 0 Å². The molecule has 1 aromatic heterocycles. The number of hydrogen-bond donors (Lipinski definition) is 1. The minimum atomic E-state index is -0.248. The minimum Gasteiger partial charge on any atom is -0.489 e. The van der Waals surface area contributed by atoms with E-state index in [0.29, 0.717) is 24.6 Å². The summed E-state index contributed by atoms with van der Waals surface area (Å²) in [5.74, 6) is 0.588. The number of nitriles is 2. The Bertz CT molecular complexity index is 734. The first-order valence-corrected chi connectivity index (χ1v) is 6.58. The van der Waals surface area contributed by atoms with Crippen molar-refractivity contribution in [1.82, 2.24) is 9.78 Å². The fraction of sp³-hybridized carbons (Fsp3) is 0.200. The molecule has 2 rings (SSSR count). The predicted molar refractivity (Wildman–Crippen MR) is 81.2 cm³/mol. The molecule has 0 aliphatic carbocycles. The van der Waals surface area contributed by atoms with Crippen LogP contribution in [0.5, 0.6) is 5.75 Å². The van der Waals surface area contributed by atoms with Gasteiger partial charge in [0.1, 0.15) is 24.5 Å². The number of ether oxygens (including phenoxy) is 1. The average Bonchev–Trinajstić information content (AvgIpc) is 2.95. The number of hydrogen-bond acceptors (Lipinski definition) is 6. The fourth-order valence-corrected chi connectivity index (χ4v) is 1.71. The summed E-state index contributed by atoms with van der Waals surface area (Å²) >= 11 is 0. The van der Waals surface area contributed by atoms with E-state index in [1.165, 1.54) is 0 Å². The minimum absolute atomic E-state index is 0.248. The van der Waals surface area contributed by atoms with Gasteiger partial charge in [-0.1, -0.05) is 12.1 Å². The van der Waals surface area contributed by atoms with E-state index in [0.717, 1.165) is 5.69 Å². The zero-order valence-corrected chi connectivity index (χ0v) is 12.0. The molecule has 2 aromatic rings. The van der Waals surface area contributed by atoms with Gasteiger partial charge in [-0.2, -0.15) is 20.7 Å². The molecule has 1 N–H and O–H groups in total. The number of anilines is 1. The molecule has 0 bridgehead atoms. The van der Waals surface area contributed by atoms with Gasteiger partial charge < -0.3 is 4.74 Å². The molecule has 110 valence electrons. The van der Waals surface area contributed by atoms with Crippen molar-refractivity contribution in [3.8, 4) is 17.9 Å². The number of nitrogens with one attached hydrogen (secondary N) is 1. The lowest BCUT2D eigenvalue weighted by Crippen LogP contribution is -2.09. The highest BCUT2D eigenvalue weighted by atomic mass is 16.5. The number of para-hydroxylation sites is 2. The Morgan fingerprint density at radius 3 is 2.77 bits per heavy atom. The highest BCUT2D eigenvalue weighted by molar-refractivity contribution is 6.10. The smallest absolute Gasteiger partial charge is 0.237 e. The van der Waals surface area contributed by atoms with E-state index >= 15 is 0 Å². The third-order valence-corrected chi connectivity index (χ3v) is 2.74. The van der Waals surface area contributed by atoms with Crippen LogP contribution in [0.3, 0.4) is 0 Å². The summed E-state index contributed by atoms with van der Waals surface area (Å²) < 4.78 is 7.49. The molecule has 7 nitrogen and oxygen atoms in total. The van der Waals surface area contributed by atoms with Gasteiger partial charge in [0.25, 0.3) is 0 Å². The van der Waals surface area contributed by atoms with E-state index in [4.69, 9.17) is 15.3 Å². The summed E-state index contributed by atoms with van der Waals surface area (Å²) in [6, 6.07) is 12.5. The molecule has 0 atom stereocenters. The summed E-state index contributed by atoms with van der Waals surface area (Å²) in [5.41, 5.74) is 3.96. The normalized spacial score (nSPS) is 9.41. The van der Waals surface area contributed by atoms with Crippen molar-refractivity contribution in [3.05, 3.63) is 42.2 Å². The van der Waals surface area contributed by atoms with Crippen LogP contribution in [0.4, 0.5) is 5.69 Å². The van der Waals surface area contributed by atoms with E-state index in [2.05, 4.69) is 15.6 Å². The van der Waals surface area contributed by atoms with Crippen molar-refractivity contribution >= 4 is 11.4 Å². The van der Waals surface area contributed by atoms with Crippen LogP contribution in [-0.4, -0.2) is 22.1 Å². The van der Waals surface area contributed by atoms with Crippen LogP contribution < -0.4 is 10.2 Å². The second kappa shape index (κ2) is 7.46. The molecule has 0 radical (unpaired) electrons. The molecule has 22 heavy (non-hydrogen) atoms. The van der Waals surface area contributed by atoms with Gasteiger partial charge in [0.2, 0.25) is 5.71 Å². The van der Waals surface area contributed by atoms with Crippen molar-refractivity contribution in [2.75, 3.05) is 12.0 Å². The molecule has 0 saturated heterocycles. The Labute approximate surface area is 128 Å². The van der Waals surface area contributed by atoms with E-state index in [1.54, 1.807) is 35.0 Å². The van der Waals surface area contributed by atoms with Gasteiger partial charge in [-0.3, -0.25) is 10.1 Å². The summed E-state index contributed by atoms with van der Waals surface area (Å²) in [6.45, 7) is 2.98. The summed E-state index contributed by atoms with van der Waals surface area (Å²) in [5, 5.41) is 25.3. The topological polar surface area (TPSA) is 99.0 Å². The average molecular weight is 294 g/mol. The summed E-state index contributed by atoms with van der Waals surface area (Å²) in [4.78, 5) is 0. The van der Waals surface area contributed by atoms with Crippen LogP contribution in [0.1, 0.15) is 5.69 Å². The molecular formula is C15H14N6O. The Balaban J connectivity index is 1.98. The van der Waals surface area contributed by atoms with Crippen LogP contribution >= 0.6 is 0 Å². The third-order valence-electron chi connectivity index (χ3n) is 2.74. The van der Waals surface area contributed by atoms with Crippen molar-refractivity contribution in [2.45, 2.75) is 13.5 Å².